The highest BCUT2D eigenvalue weighted by atomic mass is 16.4. The van der Waals surface area contributed by atoms with Crippen molar-refractivity contribution in [2.45, 2.75) is 13.3 Å². The Morgan fingerprint density at radius 2 is 1.65 bits per heavy atom. The summed E-state index contributed by atoms with van der Waals surface area (Å²) in [6.07, 6.45) is 0.444. The number of carboxylic acid groups (broad SMARTS) is 1. The van der Waals surface area contributed by atoms with Crippen LogP contribution < -0.4 is 5.32 Å². The minimum Gasteiger partial charge on any atom is -0.481 e. The van der Waals surface area contributed by atoms with E-state index in [-0.39, 0.29) is 18.4 Å². The molecule has 1 unspecified atom stereocenters. The second kappa shape index (κ2) is 7.00. The molecular formula is C20H20N2O4. The maximum absolute atomic E-state index is 12.6. The number of aliphatic carboxylic acids is 1. The summed E-state index contributed by atoms with van der Waals surface area (Å²) in [5.41, 5.74) is 0.724. The number of likely N-dealkylation sites (tertiary alicyclic amines) is 1. The van der Waals surface area contributed by atoms with Crippen molar-refractivity contribution in [2.24, 2.45) is 5.41 Å². The molecule has 1 aliphatic rings. The molecular weight excluding hydrogens is 332 g/mol. The van der Waals surface area contributed by atoms with Crippen LogP contribution in [0.2, 0.25) is 0 Å². The zero-order valence-corrected chi connectivity index (χ0v) is 14.4. The second-order valence-corrected chi connectivity index (χ2v) is 6.74. The van der Waals surface area contributed by atoms with Crippen LogP contribution in [0, 0.1) is 5.41 Å². The lowest BCUT2D eigenvalue weighted by atomic mass is 9.90. The third-order valence-electron chi connectivity index (χ3n) is 4.70. The molecule has 6 heteroatoms. The SMILES string of the molecule is CC1(C(=O)O)CCN(C(=O)c2ccc(NC(=O)c3ccccc3)cc2)C1. The zero-order chi connectivity index (χ0) is 18.7. The van der Waals surface area contributed by atoms with Gasteiger partial charge in [-0.1, -0.05) is 18.2 Å². The quantitative estimate of drug-likeness (QED) is 0.886. The molecule has 1 heterocycles. The molecule has 0 aromatic heterocycles. The maximum atomic E-state index is 12.6. The fourth-order valence-corrected chi connectivity index (χ4v) is 2.98. The van der Waals surface area contributed by atoms with Crippen LogP contribution in [0.5, 0.6) is 0 Å². The molecule has 2 N–H and O–H groups in total. The number of nitrogens with zero attached hydrogens (tertiary/aromatic N) is 1. The van der Waals surface area contributed by atoms with Crippen molar-refractivity contribution < 1.29 is 19.5 Å². The monoisotopic (exact) mass is 352 g/mol. The van der Waals surface area contributed by atoms with Crippen molar-refractivity contribution in [2.75, 3.05) is 18.4 Å². The summed E-state index contributed by atoms with van der Waals surface area (Å²) in [5.74, 6) is -1.30. The van der Waals surface area contributed by atoms with Crippen LogP contribution in [0.4, 0.5) is 5.69 Å². The first-order valence-electron chi connectivity index (χ1n) is 8.38. The van der Waals surface area contributed by atoms with E-state index in [1.807, 2.05) is 6.07 Å². The van der Waals surface area contributed by atoms with Crippen LogP contribution in [-0.4, -0.2) is 40.9 Å². The van der Waals surface area contributed by atoms with Crippen molar-refractivity contribution in [1.82, 2.24) is 4.90 Å². The summed E-state index contributed by atoms with van der Waals surface area (Å²) < 4.78 is 0. The van der Waals surface area contributed by atoms with Gasteiger partial charge in [-0.25, -0.2) is 0 Å². The van der Waals surface area contributed by atoms with Gasteiger partial charge in [0, 0.05) is 29.9 Å². The molecule has 0 bridgehead atoms. The molecule has 134 valence electrons. The smallest absolute Gasteiger partial charge is 0.311 e. The predicted molar refractivity (Wildman–Crippen MR) is 97.1 cm³/mol. The highest BCUT2D eigenvalue weighted by Gasteiger charge is 2.42. The third kappa shape index (κ3) is 3.59. The Morgan fingerprint density at radius 3 is 2.23 bits per heavy atom. The molecule has 1 saturated heterocycles. The van der Waals surface area contributed by atoms with Crippen molar-refractivity contribution in [3.63, 3.8) is 0 Å². The minimum atomic E-state index is -0.890. The molecule has 26 heavy (non-hydrogen) atoms. The van der Waals surface area contributed by atoms with Crippen LogP contribution in [0.3, 0.4) is 0 Å². The summed E-state index contributed by atoms with van der Waals surface area (Å²) in [6, 6.07) is 15.5. The number of carboxylic acids is 1. The summed E-state index contributed by atoms with van der Waals surface area (Å²) in [7, 11) is 0. The van der Waals surface area contributed by atoms with Crippen molar-refractivity contribution in [3.8, 4) is 0 Å². The molecule has 6 nitrogen and oxygen atoms in total. The first-order chi connectivity index (χ1) is 12.4. The number of hydrogen-bond donors (Lipinski definition) is 2. The predicted octanol–water partition coefficient (Wildman–Crippen LogP) is 2.88. The standard InChI is InChI=1S/C20H20N2O4/c1-20(19(25)26)11-12-22(13-20)18(24)15-7-9-16(10-8-15)21-17(23)14-5-3-2-4-6-14/h2-10H,11-13H2,1H3,(H,21,23)(H,25,26). The number of carbonyl (C=O) groups excluding carboxylic acids is 2. The van der Waals surface area contributed by atoms with Gasteiger partial charge in [0.15, 0.2) is 0 Å². The van der Waals surface area contributed by atoms with Crippen LogP contribution in [0.25, 0.3) is 0 Å². The fourth-order valence-electron chi connectivity index (χ4n) is 2.98. The fraction of sp³-hybridized carbons (Fsp3) is 0.250. The molecule has 1 aliphatic heterocycles. The average molecular weight is 352 g/mol. The van der Waals surface area contributed by atoms with Gasteiger partial charge in [-0.15, -0.1) is 0 Å². The van der Waals surface area contributed by atoms with Gasteiger partial charge in [-0.2, -0.15) is 0 Å². The summed E-state index contributed by atoms with van der Waals surface area (Å²) >= 11 is 0. The lowest BCUT2D eigenvalue weighted by molar-refractivity contribution is -0.147. The Morgan fingerprint density at radius 1 is 1.00 bits per heavy atom. The van der Waals surface area contributed by atoms with Crippen LogP contribution in [0.15, 0.2) is 54.6 Å². The number of hydrogen-bond acceptors (Lipinski definition) is 3. The first kappa shape index (κ1) is 17.7. The number of anilines is 1. The van der Waals surface area contributed by atoms with E-state index in [1.54, 1.807) is 60.4 Å². The molecule has 0 saturated carbocycles. The van der Waals surface area contributed by atoms with Gasteiger partial charge in [-0.3, -0.25) is 14.4 Å². The second-order valence-electron chi connectivity index (χ2n) is 6.74. The minimum absolute atomic E-state index is 0.198. The Balaban J connectivity index is 1.65. The molecule has 0 radical (unpaired) electrons. The number of amides is 2. The largest absolute Gasteiger partial charge is 0.481 e. The van der Waals surface area contributed by atoms with E-state index in [0.29, 0.717) is 29.8 Å². The molecule has 0 aliphatic carbocycles. The summed E-state index contributed by atoms with van der Waals surface area (Å²) in [5, 5.41) is 12.1. The van der Waals surface area contributed by atoms with Gasteiger partial charge in [0.1, 0.15) is 0 Å². The van der Waals surface area contributed by atoms with E-state index < -0.39 is 11.4 Å². The summed E-state index contributed by atoms with van der Waals surface area (Å²) in [6.45, 7) is 2.28. The lowest BCUT2D eigenvalue weighted by Gasteiger charge is -2.20. The highest BCUT2D eigenvalue weighted by Crippen LogP contribution is 2.31. The molecule has 1 fully saturated rings. The van der Waals surface area contributed by atoms with E-state index in [9.17, 15) is 19.5 Å². The van der Waals surface area contributed by atoms with Crippen molar-refractivity contribution in [1.29, 1.82) is 0 Å². The van der Waals surface area contributed by atoms with E-state index in [2.05, 4.69) is 5.32 Å². The van der Waals surface area contributed by atoms with Gasteiger partial charge < -0.3 is 15.3 Å². The molecule has 1 atom stereocenters. The lowest BCUT2D eigenvalue weighted by Crippen LogP contribution is -2.34. The molecule has 2 aromatic rings. The van der Waals surface area contributed by atoms with Gasteiger partial charge in [-0.05, 0) is 49.7 Å². The van der Waals surface area contributed by atoms with E-state index in [0.717, 1.165) is 0 Å². The summed E-state index contributed by atoms with van der Waals surface area (Å²) in [4.78, 5) is 37.6. The molecule has 2 aromatic carbocycles. The highest BCUT2D eigenvalue weighted by molar-refractivity contribution is 6.04. The van der Waals surface area contributed by atoms with Gasteiger partial charge >= 0.3 is 5.97 Å². The normalized spacial score (nSPS) is 19.2. The molecule has 3 rings (SSSR count). The molecule has 0 spiro atoms. The Hall–Kier alpha value is -3.15. The Labute approximate surface area is 151 Å². The van der Waals surface area contributed by atoms with E-state index in [4.69, 9.17) is 0 Å². The third-order valence-corrected chi connectivity index (χ3v) is 4.70. The number of carbonyl (C=O) groups is 3. The Kier molecular flexibility index (Phi) is 4.75. The van der Waals surface area contributed by atoms with Crippen molar-refractivity contribution >= 4 is 23.5 Å². The van der Waals surface area contributed by atoms with Gasteiger partial charge in [0.25, 0.3) is 11.8 Å². The van der Waals surface area contributed by atoms with Crippen LogP contribution in [-0.2, 0) is 4.79 Å². The topological polar surface area (TPSA) is 86.7 Å². The Bertz CT molecular complexity index is 833. The van der Waals surface area contributed by atoms with Gasteiger partial charge in [0.2, 0.25) is 0 Å². The average Bonchev–Trinajstić information content (AvgIpc) is 3.06. The number of nitrogens with one attached hydrogen (secondary N) is 1. The maximum Gasteiger partial charge on any atom is 0.311 e. The number of rotatable bonds is 4. The van der Waals surface area contributed by atoms with E-state index >= 15 is 0 Å². The van der Waals surface area contributed by atoms with Crippen molar-refractivity contribution in [3.05, 3.63) is 65.7 Å². The first-order valence-corrected chi connectivity index (χ1v) is 8.38. The number of benzene rings is 2. The van der Waals surface area contributed by atoms with Crippen LogP contribution >= 0.6 is 0 Å². The van der Waals surface area contributed by atoms with Gasteiger partial charge in [0.05, 0.1) is 5.41 Å². The van der Waals surface area contributed by atoms with Crippen LogP contribution in [0.1, 0.15) is 34.1 Å². The zero-order valence-electron chi connectivity index (χ0n) is 14.4. The van der Waals surface area contributed by atoms with E-state index in [1.165, 1.54) is 0 Å². The molecule has 2 amide bonds.